The van der Waals surface area contributed by atoms with E-state index in [1.807, 2.05) is 53.1 Å². The molecule has 0 bridgehead atoms. The molecule has 1 aliphatic rings. The molecular formula is C31H34N8O5. The summed E-state index contributed by atoms with van der Waals surface area (Å²) >= 11 is 0. The molecule has 0 saturated heterocycles. The Morgan fingerprint density at radius 3 is 2.39 bits per heavy atom. The van der Waals surface area contributed by atoms with Gasteiger partial charge in [0.1, 0.15) is 18.6 Å². The van der Waals surface area contributed by atoms with Crippen molar-refractivity contribution < 1.29 is 14.3 Å². The van der Waals surface area contributed by atoms with Gasteiger partial charge in [0.05, 0.1) is 7.11 Å². The van der Waals surface area contributed by atoms with Crippen molar-refractivity contribution in [3.8, 4) is 22.5 Å². The van der Waals surface area contributed by atoms with Gasteiger partial charge in [-0.3, -0.25) is 9.59 Å². The van der Waals surface area contributed by atoms with Gasteiger partial charge in [-0.25, -0.2) is 18.9 Å². The number of aromatic nitrogens is 8. The van der Waals surface area contributed by atoms with E-state index in [9.17, 15) is 14.4 Å². The zero-order valence-corrected chi connectivity index (χ0v) is 24.9. The lowest BCUT2D eigenvalue weighted by molar-refractivity contribution is -0.141. The summed E-state index contributed by atoms with van der Waals surface area (Å²) in [5.41, 5.74) is 2.97. The number of hydrogen-bond donors (Lipinski definition) is 1. The van der Waals surface area contributed by atoms with E-state index in [2.05, 4.69) is 20.6 Å². The second kappa shape index (κ2) is 12.4. The van der Waals surface area contributed by atoms with E-state index >= 15 is 0 Å². The van der Waals surface area contributed by atoms with Crippen molar-refractivity contribution in [1.29, 1.82) is 0 Å². The van der Waals surface area contributed by atoms with Crippen LogP contribution in [-0.4, -0.2) is 59.5 Å². The van der Waals surface area contributed by atoms with Gasteiger partial charge in [-0.2, -0.15) is 5.21 Å². The fourth-order valence-corrected chi connectivity index (χ4v) is 6.05. The van der Waals surface area contributed by atoms with Crippen LogP contribution in [0.25, 0.3) is 33.7 Å². The molecule has 0 radical (unpaired) electrons. The largest absolute Gasteiger partial charge is 0.468 e. The molecule has 1 atom stereocenters. The number of nitrogens with zero attached hydrogens (tertiary/aromatic N) is 7. The Labute approximate surface area is 252 Å². The van der Waals surface area contributed by atoms with E-state index in [-0.39, 0.29) is 17.1 Å². The molecule has 0 spiro atoms. The van der Waals surface area contributed by atoms with Crippen LogP contribution in [0.4, 0.5) is 0 Å². The maximum Gasteiger partial charge on any atom is 0.335 e. The average molecular weight is 599 g/mol. The minimum absolute atomic E-state index is 0.132. The fourth-order valence-electron chi connectivity index (χ4n) is 6.05. The van der Waals surface area contributed by atoms with E-state index in [1.54, 1.807) is 6.92 Å². The smallest absolute Gasteiger partial charge is 0.335 e. The van der Waals surface area contributed by atoms with Crippen LogP contribution < -0.4 is 11.2 Å². The fraction of sp³-hybridized carbons (Fsp3) is 0.387. The zero-order chi connectivity index (χ0) is 30.8. The highest BCUT2D eigenvalue weighted by Gasteiger charge is 2.29. The molecule has 6 rings (SSSR count). The van der Waals surface area contributed by atoms with Crippen molar-refractivity contribution in [1.82, 2.24) is 39.3 Å². The van der Waals surface area contributed by atoms with Crippen LogP contribution in [0.5, 0.6) is 0 Å². The van der Waals surface area contributed by atoms with Gasteiger partial charge >= 0.3 is 11.7 Å². The van der Waals surface area contributed by atoms with Crippen LogP contribution in [0.15, 0.2) is 58.1 Å². The van der Waals surface area contributed by atoms with Crippen molar-refractivity contribution >= 4 is 17.1 Å². The molecule has 0 amide bonds. The number of carbonyl (C=O) groups is 1. The van der Waals surface area contributed by atoms with Gasteiger partial charge in [0.15, 0.2) is 11.2 Å². The molecule has 13 nitrogen and oxygen atoms in total. The van der Waals surface area contributed by atoms with Crippen molar-refractivity contribution in [2.24, 2.45) is 0 Å². The monoisotopic (exact) mass is 598 g/mol. The Morgan fingerprint density at radius 2 is 1.73 bits per heavy atom. The number of esters is 1. The van der Waals surface area contributed by atoms with Crippen molar-refractivity contribution in [3.63, 3.8) is 0 Å². The first-order chi connectivity index (χ1) is 21.4. The number of ether oxygens (including phenoxy) is 2. The van der Waals surface area contributed by atoms with Gasteiger partial charge in [0.25, 0.3) is 5.56 Å². The first-order valence-electron chi connectivity index (χ1n) is 14.7. The third-order valence-corrected chi connectivity index (χ3v) is 8.40. The molecule has 3 aromatic heterocycles. The predicted octanol–water partition coefficient (Wildman–Crippen LogP) is 3.64. The number of nitrogens with one attached hydrogen (secondary N) is 1. The molecule has 0 aliphatic heterocycles. The Morgan fingerprint density at radius 1 is 1.00 bits per heavy atom. The zero-order valence-electron chi connectivity index (χ0n) is 24.9. The molecule has 1 unspecified atom stereocenters. The van der Waals surface area contributed by atoms with E-state index in [0.29, 0.717) is 12.4 Å². The summed E-state index contributed by atoms with van der Waals surface area (Å²) in [6, 6.07) is 15.9. The molecule has 44 heavy (non-hydrogen) atoms. The minimum atomic E-state index is -0.726. The summed E-state index contributed by atoms with van der Waals surface area (Å²) < 4.78 is 14.5. The summed E-state index contributed by atoms with van der Waals surface area (Å²) in [7, 11) is 2.70. The number of hydrogen-bond acceptors (Lipinski definition) is 9. The van der Waals surface area contributed by atoms with E-state index in [4.69, 9.17) is 14.5 Å². The van der Waals surface area contributed by atoms with E-state index < -0.39 is 30.0 Å². The van der Waals surface area contributed by atoms with Gasteiger partial charge in [0, 0.05) is 25.1 Å². The topological polar surface area (TPSA) is 152 Å². The molecule has 3 heterocycles. The first kappa shape index (κ1) is 29.2. The number of benzene rings is 2. The number of imidazole rings is 1. The summed E-state index contributed by atoms with van der Waals surface area (Å²) in [6.07, 6.45) is 4.44. The lowest BCUT2D eigenvalue weighted by Crippen LogP contribution is -2.43. The number of tetrazole rings is 1. The summed E-state index contributed by atoms with van der Waals surface area (Å²) in [5, 5.41) is 14.5. The lowest BCUT2D eigenvalue weighted by Gasteiger charge is -2.22. The maximum atomic E-state index is 14.0. The number of fused-ring (bicyclic) bond motifs is 1. The highest BCUT2D eigenvalue weighted by Crippen LogP contribution is 2.35. The Hall–Kier alpha value is -4.91. The molecule has 2 aromatic carbocycles. The van der Waals surface area contributed by atoms with E-state index in [1.165, 1.54) is 18.8 Å². The second-order valence-electron chi connectivity index (χ2n) is 11.0. The Balaban J connectivity index is 1.49. The molecule has 1 aliphatic carbocycles. The average Bonchev–Trinajstić information content (AvgIpc) is 3.73. The lowest BCUT2D eigenvalue weighted by atomic mass is 9.88. The van der Waals surface area contributed by atoms with Gasteiger partial charge < -0.3 is 14.0 Å². The molecule has 13 heteroatoms. The highest BCUT2D eigenvalue weighted by molar-refractivity contribution is 5.80. The molecule has 1 saturated carbocycles. The quantitative estimate of drug-likeness (QED) is 0.251. The van der Waals surface area contributed by atoms with Crippen LogP contribution in [0, 0.1) is 0 Å². The van der Waals surface area contributed by atoms with Gasteiger partial charge in [0.2, 0.25) is 5.82 Å². The minimum Gasteiger partial charge on any atom is -0.468 e. The summed E-state index contributed by atoms with van der Waals surface area (Å²) in [4.78, 5) is 44.8. The molecule has 1 N–H and O–H groups in total. The third-order valence-electron chi connectivity index (χ3n) is 8.40. The van der Waals surface area contributed by atoms with Crippen LogP contribution in [-0.2, 0) is 27.4 Å². The van der Waals surface area contributed by atoms with Gasteiger partial charge in [-0.05, 0) is 41.7 Å². The molecular weight excluding hydrogens is 564 g/mol. The molecule has 1 fully saturated rings. The Bertz CT molecular complexity index is 1900. The van der Waals surface area contributed by atoms with Crippen LogP contribution in [0.2, 0.25) is 0 Å². The number of aromatic amines is 1. The number of methoxy groups -OCH3 is 2. The molecule has 5 aromatic rings. The highest BCUT2D eigenvalue weighted by atomic mass is 16.5. The van der Waals surface area contributed by atoms with Crippen LogP contribution >= 0.6 is 0 Å². The predicted molar refractivity (Wildman–Crippen MR) is 162 cm³/mol. The van der Waals surface area contributed by atoms with Crippen LogP contribution in [0.1, 0.15) is 62.6 Å². The number of H-pyrrole nitrogens is 1. The first-order valence-corrected chi connectivity index (χ1v) is 14.7. The normalized spacial score (nSPS) is 14.6. The van der Waals surface area contributed by atoms with E-state index in [0.717, 1.165) is 64.7 Å². The van der Waals surface area contributed by atoms with Crippen molar-refractivity contribution in [2.75, 3.05) is 14.2 Å². The Kier molecular flexibility index (Phi) is 8.20. The summed E-state index contributed by atoms with van der Waals surface area (Å²) in [6.45, 7) is 1.54. The van der Waals surface area contributed by atoms with Crippen molar-refractivity contribution in [3.05, 3.63) is 80.8 Å². The summed E-state index contributed by atoms with van der Waals surface area (Å²) in [5.74, 6) is 0.699. The SMILES string of the molecule is COC(=O)Cn1c(=O)c2c(nc(C3CCCCC3)n2Cc2ccc(-c3ccccc3-c3nn[nH]n3)cc2)n(C(C)OC)c1=O. The third kappa shape index (κ3) is 5.34. The van der Waals surface area contributed by atoms with Crippen molar-refractivity contribution in [2.45, 2.75) is 64.3 Å². The van der Waals surface area contributed by atoms with Gasteiger partial charge in [-0.1, -0.05) is 67.8 Å². The number of rotatable bonds is 9. The maximum absolute atomic E-state index is 14.0. The van der Waals surface area contributed by atoms with Gasteiger partial charge in [-0.15, -0.1) is 10.2 Å². The standard InChI is InChI=1S/C31H34N8O5/c1-19(43-2)39-29-26(30(41)38(31(39)42)18-25(40)44-3)37(28(32-29)22-9-5-4-6-10-22)17-20-13-15-21(16-14-20)23-11-7-8-12-24(23)27-33-35-36-34-27/h7-8,11-16,19,22H,4-6,9-10,17-18H2,1-3H3,(H,33,34,35,36). The molecule has 228 valence electrons. The van der Waals surface area contributed by atoms with Crippen LogP contribution in [0.3, 0.4) is 0 Å². The number of carbonyl (C=O) groups excluding carboxylic acids is 1. The second-order valence-corrected chi connectivity index (χ2v) is 11.0.